The lowest BCUT2D eigenvalue weighted by molar-refractivity contribution is 0.413. The Morgan fingerprint density at radius 2 is 2.31 bits per heavy atom. The molecule has 1 aliphatic heterocycles. The van der Waals surface area contributed by atoms with Crippen LogP contribution in [0.15, 0.2) is 29.3 Å². The van der Waals surface area contributed by atoms with Gasteiger partial charge in [-0.2, -0.15) is 0 Å². The first-order valence-electron chi connectivity index (χ1n) is 5.14. The van der Waals surface area contributed by atoms with E-state index in [1.807, 2.05) is 24.8 Å². The van der Waals surface area contributed by atoms with Crippen LogP contribution >= 0.6 is 11.8 Å². The number of aromatic nitrogens is 2. The summed E-state index contributed by atoms with van der Waals surface area (Å²) in [5.41, 5.74) is 2.27. The van der Waals surface area contributed by atoms with E-state index in [1.165, 1.54) is 10.6 Å². The molecular formula is C12H12N2OS. The molecule has 0 bridgehead atoms. The molecule has 0 fully saturated rings. The van der Waals surface area contributed by atoms with Crippen LogP contribution in [-0.4, -0.2) is 16.7 Å². The van der Waals surface area contributed by atoms with E-state index in [1.54, 1.807) is 7.11 Å². The molecule has 3 nitrogen and oxygen atoms in total. The van der Waals surface area contributed by atoms with Crippen LogP contribution < -0.4 is 4.74 Å². The van der Waals surface area contributed by atoms with Gasteiger partial charge in [-0.1, -0.05) is 0 Å². The molecule has 16 heavy (non-hydrogen) atoms. The first kappa shape index (κ1) is 9.78. The number of benzene rings is 1. The van der Waals surface area contributed by atoms with E-state index in [9.17, 15) is 0 Å². The van der Waals surface area contributed by atoms with Crippen molar-refractivity contribution in [2.45, 2.75) is 17.6 Å². The van der Waals surface area contributed by atoms with Crippen molar-refractivity contribution in [1.29, 1.82) is 0 Å². The minimum absolute atomic E-state index is 0.909. The Labute approximate surface area is 98.5 Å². The zero-order valence-electron chi connectivity index (χ0n) is 9.23. The van der Waals surface area contributed by atoms with Crippen molar-refractivity contribution in [3.05, 3.63) is 35.9 Å². The zero-order chi connectivity index (χ0) is 11.1. The summed E-state index contributed by atoms with van der Waals surface area (Å²) in [6.45, 7) is 2.03. The highest BCUT2D eigenvalue weighted by molar-refractivity contribution is 7.98. The summed E-state index contributed by atoms with van der Waals surface area (Å²) in [5, 5.41) is 0. The molecule has 2 heterocycles. The standard InChI is InChI=1S/C12H12N2OS/c1-8-6-14-10-4-3-9(15-2)5-11(10)16-7-12(14)13-8/h3-6H,7H2,1-2H3. The lowest BCUT2D eigenvalue weighted by Crippen LogP contribution is -2.05. The minimum atomic E-state index is 0.909. The summed E-state index contributed by atoms with van der Waals surface area (Å²) in [4.78, 5) is 5.76. The fourth-order valence-corrected chi connectivity index (χ4v) is 2.94. The Bertz CT molecular complexity index is 548. The van der Waals surface area contributed by atoms with Gasteiger partial charge in [-0.25, -0.2) is 4.98 Å². The van der Waals surface area contributed by atoms with Gasteiger partial charge in [0.25, 0.3) is 0 Å². The number of rotatable bonds is 1. The molecule has 0 atom stereocenters. The van der Waals surface area contributed by atoms with Crippen molar-refractivity contribution >= 4 is 11.8 Å². The van der Waals surface area contributed by atoms with Gasteiger partial charge >= 0.3 is 0 Å². The lowest BCUT2D eigenvalue weighted by atomic mass is 10.3. The molecule has 0 aliphatic carbocycles. The van der Waals surface area contributed by atoms with Gasteiger partial charge in [0.15, 0.2) is 0 Å². The van der Waals surface area contributed by atoms with E-state index in [0.717, 1.165) is 23.0 Å². The van der Waals surface area contributed by atoms with Gasteiger partial charge in [-0.3, -0.25) is 0 Å². The molecule has 0 saturated carbocycles. The third-order valence-corrected chi connectivity index (χ3v) is 3.72. The molecule has 3 rings (SSSR count). The van der Waals surface area contributed by atoms with Crippen LogP contribution in [0.25, 0.3) is 5.69 Å². The van der Waals surface area contributed by atoms with Crippen molar-refractivity contribution in [3.8, 4) is 11.4 Å². The maximum atomic E-state index is 5.24. The Kier molecular flexibility index (Phi) is 2.17. The lowest BCUT2D eigenvalue weighted by Gasteiger charge is -2.18. The van der Waals surface area contributed by atoms with Gasteiger partial charge in [-0.05, 0) is 25.1 Å². The minimum Gasteiger partial charge on any atom is -0.497 e. The van der Waals surface area contributed by atoms with Crippen molar-refractivity contribution in [2.24, 2.45) is 0 Å². The number of ether oxygens (including phenoxy) is 1. The van der Waals surface area contributed by atoms with Crippen LogP contribution in [0.1, 0.15) is 11.5 Å². The number of fused-ring (bicyclic) bond motifs is 3. The van der Waals surface area contributed by atoms with Crippen LogP contribution in [-0.2, 0) is 5.75 Å². The smallest absolute Gasteiger partial charge is 0.123 e. The normalized spacial score (nSPS) is 13.1. The SMILES string of the molecule is COc1ccc2c(c1)SCc1nc(C)cn1-2. The number of nitrogens with zero attached hydrogens (tertiary/aromatic N) is 2. The van der Waals surface area contributed by atoms with Gasteiger partial charge in [-0.15, -0.1) is 11.8 Å². The molecular weight excluding hydrogens is 220 g/mol. The molecule has 1 aromatic carbocycles. The van der Waals surface area contributed by atoms with Crippen LogP contribution in [0.3, 0.4) is 0 Å². The van der Waals surface area contributed by atoms with Gasteiger partial charge in [0, 0.05) is 11.1 Å². The molecule has 82 valence electrons. The third kappa shape index (κ3) is 1.41. The third-order valence-electron chi connectivity index (χ3n) is 2.68. The molecule has 2 aromatic rings. The second-order valence-corrected chi connectivity index (χ2v) is 4.81. The fraction of sp³-hybridized carbons (Fsp3) is 0.250. The summed E-state index contributed by atoms with van der Waals surface area (Å²) in [6, 6.07) is 6.16. The number of aryl methyl sites for hydroxylation is 1. The maximum absolute atomic E-state index is 5.24. The van der Waals surface area contributed by atoms with Gasteiger partial charge in [0.05, 0.1) is 24.2 Å². The number of methoxy groups -OCH3 is 1. The first-order chi connectivity index (χ1) is 7.78. The second kappa shape index (κ2) is 3.56. The quantitative estimate of drug-likeness (QED) is 0.756. The van der Waals surface area contributed by atoms with E-state index in [2.05, 4.69) is 27.9 Å². The predicted molar refractivity (Wildman–Crippen MR) is 64.4 cm³/mol. The van der Waals surface area contributed by atoms with Crippen molar-refractivity contribution in [2.75, 3.05) is 7.11 Å². The molecule has 0 unspecified atom stereocenters. The fourth-order valence-electron chi connectivity index (χ4n) is 1.94. The first-order valence-corrected chi connectivity index (χ1v) is 6.12. The second-order valence-electron chi connectivity index (χ2n) is 3.79. The Morgan fingerprint density at radius 1 is 1.44 bits per heavy atom. The monoisotopic (exact) mass is 232 g/mol. The van der Waals surface area contributed by atoms with Crippen molar-refractivity contribution in [3.63, 3.8) is 0 Å². The van der Waals surface area contributed by atoms with E-state index in [4.69, 9.17) is 4.74 Å². The molecule has 0 radical (unpaired) electrons. The van der Waals surface area contributed by atoms with E-state index in [-0.39, 0.29) is 0 Å². The Balaban J connectivity index is 2.17. The average Bonchev–Trinajstić information content (AvgIpc) is 2.69. The molecule has 0 spiro atoms. The number of imidazole rings is 1. The zero-order valence-corrected chi connectivity index (χ0v) is 10.0. The highest BCUT2D eigenvalue weighted by Crippen LogP contribution is 2.36. The topological polar surface area (TPSA) is 27.1 Å². The Morgan fingerprint density at radius 3 is 3.12 bits per heavy atom. The summed E-state index contributed by atoms with van der Waals surface area (Å²) in [6.07, 6.45) is 2.08. The molecule has 0 N–H and O–H groups in total. The van der Waals surface area contributed by atoms with E-state index < -0.39 is 0 Å². The number of thioether (sulfide) groups is 1. The van der Waals surface area contributed by atoms with Crippen LogP contribution in [0.2, 0.25) is 0 Å². The summed E-state index contributed by atoms with van der Waals surface area (Å²) in [5.74, 6) is 2.96. The summed E-state index contributed by atoms with van der Waals surface area (Å²) >= 11 is 1.81. The largest absolute Gasteiger partial charge is 0.497 e. The predicted octanol–water partition coefficient (Wildman–Crippen LogP) is 2.80. The maximum Gasteiger partial charge on any atom is 0.123 e. The molecule has 4 heteroatoms. The number of hydrogen-bond donors (Lipinski definition) is 0. The average molecular weight is 232 g/mol. The molecule has 1 aliphatic rings. The van der Waals surface area contributed by atoms with Crippen LogP contribution in [0.4, 0.5) is 0 Å². The molecule has 1 aromatic heterocycles. The molecule has 0 amide bonds. The van der Waals surface area contributed by atoms with Gasteiger partial charge in [0.1, 0.15) is 11.6 Å². The Hall–Kier alpha value is -1.42. The van der Waals surface area contributed by atoms with E-state index in [0.29, 0.717) is 0 Å². The van der Waals surface area contributed by atoms with Gasteiger partial charge in [0.2, 0.25) is 0 Å². The van der Waals surface area contributed by atoms with E-state index >= 15 is 0 Å². The van der Waals surface area contributed by atoms with Gasteiger partial charge < -0.3 is 9.30 Å². The van der Waals surface area contributed by atoms with Crippen molar-refractivity contribution < 1.29 is 4.74 Å². The highest BCUT2D eigenvalue weighted by Gasteiger charge is 2.18. The van der Waals surface area contributed by atoms with Crippen LogP contribution in [0, 0.1) is 6.92 Å². The van der Waals surface area contributed by atoms with Crippen molar-refractivity contribution in [1.82, 2.24) is 9.55 Å². The van der Waals surface area contributed by atoms with Crippen LogP contribution in [0.5, 0.6) is 5.75 Å². The summed E-state index contributed by atoms with van der Waals surface area (Å²) in [7, 11) is 1.70. The number of hydrogen-bond acceptors (Lipinski definition) is 3. The highest BCUT2D eigenvalue weighted by atomic mass is 32.2. The molecule has 0 saturated heterocycles. The summed E-state index contributed by atoms with van der Waals surface area (Å²) < 4.78 is 7.40.